The maximum Gasteiger partial charge on any atom is 0.200 e. The van der Waals surface area contributed by atoms with Crippen LogP contribution in [0.4, 0.5) is 0 Å². The largest absolute Gasteiger partial charge is 0.466 e. The van der Waals surface area contributed by atoms with Crippen LogP contribution in [0.5, 0.6) is 5.75 Å². The molecule has 3 heterocycles. The van der Waals surface area contributed by atoms with Gasteiger partial charge in [0.05, 0.1) is 21.8 Å². The van der Waals surface area contributed by atoms with Crippen LogP contribution in [0.25, 0.3) is 0 Å². The van der Waals surface area contributed by atoms with Crippen molar-refractivity contribution in [2.24, 2.45) is 5.10 Å². The van der Waals surface area contributed by atoms with E-state index in [0.717, 1.165) is 55.9 Å². The van der Waals surface area contributed by atoms with Crippen LogP contribution in [-0.2, 0) is 6.54 Å². The highest BCUT2D eigenvalue weighted by molar-refractivity contribution is 6.42. The zero-order valence-corrected chi connectivity index (χ0v) is 19.8. The molecule has 33 heavy (non-hydrogen) atoms. The molecule has 0 aromatic heterocycles. The average molecular weight is 478 g/mol. The Hall–Kier alpha value is -2.53. The zero-order valence-electron chi connectivity index (χ0n) is 18.3. The van der Waals surface area contributed by atoms with Gasteiger partial charge in [-0.1, -0.05) is 77.8 Å². The third kappa shape index (κ3) is 3.80. The second-order valence-electron chi connectivity index (χ2n) is 9.09. The molecule has 1 atom stereocenters. The Kier molecular flexibility index (Phi) is 5.33. The fraction of sp³-hybridized carbons (Fsp3) is 0.296. The molecule has 0 aliphatic carbocycles. The minimum absolute atomic E-state index is 0.167. The summed E-state index contributed by atoms with van der Waals surface area (Å²) in [4.78, 5) is 2.51. The molecule has 3 aromatic carbocycles. The highest BCUT2D eigenvalue weighted by Crippen LogP contribution is 2.50. The molecule has 0 saturated carbocycles. The van der Waals surface area contributed by atoms with Crippen LogP contribution in [0.3, 0.4) is 0 Å². The summed E-state index contributed by atoms with van der Waals surface area (Å²) < 4.78 is 6.74. The van der Waals surface area contributed by atoms with Crippen LogP contribution in [-0.4, -0.2) is 34.4 Å². The molecule has 3 aromatic rings. The lowest BCUT2D eigenvalue weighted by Gasteiger charge is -2.51. The summed E-state index contributed by atoms with van der Waals surface area (Å²) in [6.07, 6.45) is 2.64. The molecule has 0 N–H and O–H groups in total. The molecule has 0 amide bonds. The van der Waals surface area contributed by atoms with Gasteiger partial charge in [0.2, 0.25) is 5.72 Å². The van der Waals surface area contributed by atoms with Crippen molar-refractivity contribution in [2.45, 2.75) is 37.6 Å². The molecule has 1 fully saturated rings. The van der Waals surface area contributed by atoms with E-state index in [9.17, 15) is 0 Å². The number of piperidine rings is 1. The Morgan fingerprint density at radius 2 is 1.67 bits per heavy atom. The molecule has 6 heteroatoms. The lowest BCUT2D eigenvalue weighted by molar-refractivity contribution is -0.150. The van der Waals surface area contributed by atoms with E-state index in [1.54, 1.807) is 0 Å². The maximum absolute atomic E-state index is 6.74. The number of halogens is 2. The zero-order chi connectivity index (χ0) is 22.4. The van der Waals surface area contributed by atoms with E-state index in [0.29, 0.717) is 10.0 Å². The van der Waals surface area contributed by atoms with Gasteiger partial charge in [0, 0.05) is 44.5 Å². The summed E-state index contributed by atoms with van der Waals surface area (Å²) in [5.41, 5.74) is 4.18. The standard InChI is InChI=1S/C27H25Cl2N3O/c28-22-11-10-20(16-23(22)29)24-17-25-21-8-4-5-9-26(21)33-27(32(25)30-24)12-14-31(15-13-27)18-19-6-2-1-3-7-19/h1-11,16,25H,12-15,17-18H2/t25-/m0/s1. The van der Waals surface area contributed by atoms with Crippen LogP contribution in [0.15, 0.2) is 77.9 Å². The monoisotopic (exact) mass is 477 g/mol. The Balaban J connectivity index is 1.30. The molecule has 4 nitrogen and oxygen atoms in total. The van der Waals surface area contributed by atoms with Crippen LogP contribution in [0.2, 0.25) is 10.0 Å². The molecule has 0 radical (unpaired) electrons. The van der Waals surface area contributed by atoms with E-state index in [4.69, 9.17) is 33.0 Å². The molecular formula is C27H25Cl2N3O. The molecule has 3 aliphatic heterocycles. The first-order valence-electron chi connectivity index (χ1n) is 11.5. The molecule has 0 bridgehead atoms. The van der Waals surface area contributed by atoms with Crippen molar-refractivity contribution in [2.75, 3.05) is 13.1 Å². The molecular weight excluding hydrogens is 453 g/mol. The van der Waals surface area contributed by atoms with Gasteiger partial charge in [-0.15, -0.1) is 0 Å². The quantitative estimate of drug-likeness (QED) is 0.429. The van der Waals surface area contributed by atoms with Gasteiger partial charge >= 0.3 is 0 Å². The molecule has 168 valence electrons. The minimum Gasteiger partial charge on any atom is -0.466 e. The number of hydrogen-bond donors (Lipinski definition) is 0. The molecule has 1 spiro atoms. The van der Waals surface area contributed by atoms with Crippen LogP contribution < -0.4 is 4.74 Å². The van der Waals surface area contributed by atoms with E-state index < -0.39 is 5.72 Å². The van der Waals surface area contributed by atoms with E-state index in [-0.39, 0.29) is 6.04 Å². The van der Waals surface area contributed by atoms with Gasteiger partial charge in [-0.3, -0.25) is 4.90 Å². The highest BCUT2D eigenvalue weighted by Gasteiger charge is 2.51. The number of benzene rings is 3. The van der Waals surface area contributed by atoms with E-state index in [2.05, 4.69) is 64.5 Å². The maximum atomic E-state index is 6.74. The summed E-state index contributed by atoms with van der Waals surface area (Å²) in [6, 6.07) is 25.0. The number of likely N-dealkylation sites (tertiary alicyclic amines) is 1. The van der Waals surface area contributed by atoms with Gasteiger partial charge in [-0.05, 0) is 29.3 Å². The van der Waals surface area contributed by atoms with E-state index in [1.807, 2.05) is 18.2 Å². The van der Waals surface area contributed by atoms with Crippen molar-refractivity contribution in [3.05, 3.63) is 99.5 Å². The van der Waals surface area contributed by atoms with Crippen LogP contribution in [0.1, 0.15) is 42.0 Å². The first-order valence-corrected chi connectivity index (χ1v) is 12.2. The Morgan fingerprint density at radius 1 is 0.909 bits per heavy atom. The number of ether oxygens (including phenoxy) is 1. The third-order valence-corrected chi connectivity index (χ3v) is 7.78. The second kappa shape index (κ2) is 8.35. The first kappa shape index (κ1) is 21.0. The van der Waals surface area contributed by atoms with Gasteiger partial charge in [0.25, 0.3) is 0 Å². The fourth-order valence-corrected chi connectivity index (χ4v) is 5.61. The molecule has 3 aliphatic rings. The van der Waals surface area contributed by atoms with Gasteiger partial charge in [0.1, 0.15) is 5.75 Å². The van der Waals surface area contributed by atoms with Crippen molar-refractivity contribution >= 4 is 28.9 Å². The number of hydrazone groups is 1. The second-order valence-corrected chi connectivity index (χ2v) is 9.90. The first-order chi connectivity index (χ1) is 16.1. The fourth-order valence-electron chi connectivity index (χ4n) is 5.31. The van der Waals surface area contributed by atoms with Crippen molar-refractivity contribution in [3.63, 3.8) is 0 Å². The summed E-state index contributed by atoms with van der Waals surface area (Å²) in [5.74, 6) is 0.987. The molecule has 6 rings (SSSR count). The molecule has 1 saturated heterocycles. The smallest absolute Gasteiger partial charge is 0.200 e. The third-order valence-electron chi connectivity index (χ3n) is 7.05. The number of hydrogen-bond acceptors (Lipinski definition) is 4. The van der Waals surface area contributed by atoms with E-state index >= 15 is 0 Å². The van der Waals surface area contributed by atoms with Crippen LogP contribution in [0, 0.1) is 0 Å². The lowest BCUT2D eigenvalue weighted by Crippen LogP contribution is -2.59. The highest BCUT2D eigenvalue weighted by atomic mass is 35.5. The number of fused-ring (bicyclic) bond motifs is 4. The lowest BCUT2D eigenvalue weighted by atomic mass is 9.90. The van der Waals surface area contributed by atoms with Gasteiger partial charge in [-0.25, -0.2) is 5.01 Å². The number of para-hydroxylation sites is 1. The number of rotatable bonds is 3. The normalized spacial score (nSPS) is 21.3. The van der Waals surface area contributed by atoms with Crippen molar-refractivity contribution in [1.29, 1.82) is 0 Å². The predicted octanol–water partition coefficient (Wildman–Crippen LogP) is 6.53. The van der Waals surface area contributed by atoms with Gasteiger partial charge < -0.3 is 4.74 Å². The van der Waals surface area contributed by atoms with Gasteiger partial charge in [0.15, 0.2) is 0 Å². The van der Waals surface area contributed by atoms with E-state index in [1.165, 1.54) is 11.1 Å². The predicted molar refractivity (Wildman–Crippen MR) is 133 cm³/mol. The Labute approximate surface area is 204 Å². The number of nitrogens with zero attached hydrogens (tertiary/aromatic N) is 3. The van der Waals surface area contributed by atoms with Crippen molar-refractivity contribution in [3.8, 4) is 5.75 Å². The SMILES string of the molecule is Clc1ccc(C2=NN3[C@@H](C2)c2ccccc2OC32CCN(Cc3ccccc3)CC2)cc1Cl. The Bertz CT molecular complexity index is 1200. The van der Waals surface area contributed by atoms with Gasteiger partial charge in [-0.2, -0.15) is 5.10 Å². The van der Waals surface area contributed by atoms with Crippen molar-refractivity contribution in [1.82, 2.24) is 9.91 Å². The van der Waals surface area contributed by atoms with Crippen molar-refractivity contribution < 1.29 is 4.74 Å². The van der Waals surface area contributed by atoms with Crippen LogP contribution >= 0.6 is 23.2 Å². The summed E-state index contributed by atoms with van der Waals surface area (Å²) in [6.45, 7) is 2.91. The summed E-state index contributed by atoms with van der Waals surface area (Å²) in [7, 11) is 0. The summed E-state index contributed by atoms with van der Waals surface area (Å²) >= 11 is 12.5. The minimum atomic E-state index is -0.426. The average Bonchev–Trinajstić information content (AvgIpc) is 3.30. The topological polar surface area (TPSA) is 28.1 Å². The summed E-state index contributed by atoms with van der Waals surface area (Å²) in [5, 5.41) is 8.50. The Morgan fingerprint density at radius 3 is 2.45 bits per heavy atom. The molecule has 0 unspecified atom stereocenters.